The number of rotatable bonds is 6. The summed E-state index contributed by atoms with van der Waals surface area (Å²) in [4.78, 5) is 31.9. The lowest BCUT2D eigenvalue weighted by molar-refractivity contribution is 0.0952. The molecule has 142 valence electrons. The summed E-state index contributed by atoms with van der Waals surface area (Å²) in [6, 6.07) is 14.1. The van der Waals surface area contributed by atoms with Gasteiger partial charge in [-0.15, -0.1) is 0 Å². The van der Waals surface area contributed by atoms with E-state index in [1.165, 1.54) is 30.6 Å². The van der Waals surface area contributed by atoms with Crippen LogP contribution in [0.15, 0.2) is 60.9 Å². The Bertz CT molecular complexity index is 998. The van der Waals surface area contributed by atoms with Gasteiger partial charge in [0.05, 0.1) is 5.56 Å². The predicted octanol–water partition coefficient (Wildman–Crippen LogP) is 1.71. The molecule has 0 saturated carbocycles. The van der Waals surface area contributed by atoms with Crippen LogP contribution in [-0.2, 0) is 0 Å². The Hall–Kier alpha value is -4.21. The fourth-order valence-corrected chi connectivity index (χ4v) is 2.20. The molecule has 0 aliphatic carbocycles. The first-order valence-corrected chi connectivity index (χ1v) is 8.09. The van der Waals surface area contributed by atoms with Gasteiger partial charge in [-0.05, 0) is 24.3 Å². The van der Waals surface area contributed by atoms with E-state index in [0.29, 0.717) is 5.56 Å². The summed E-state index contributed by atoms with van der Waals surface area (Å²) >= 11 is 0. The molecule has 10 heteroatoms. The lowest BCUT2D eigenvalue weighted by Crippen LogP contribution is -2.32. The summed E-state index contributed by atoms with van der Waals surface area (Å²) in [6.45, 7) is 0. The van der Waals surface area contributed by atoms with E-state index in [9.17, 15) is 14.0 Å². The second-order valence-electron chi connectivity index (χ2n) is 5.49. The molecule has 0 fully saturated rings. The van der Waals surface area contributed by atoms with Gasteiger partial charge in [-0.1, -0.05) is 30.3 Å². The van der Waals surface area contributed by atoms with Gasteiger partial charge in [-0.25, -0.2) is 14.4 Å². The lowest BCUT2D eigenvalue weighted by Gasteiger charge is -2.13. The number of nitrogens with two attached hydrogens (primary N) is 1. The van der Waals surface area contributed by atoms with Crippen molar-refractivity contribution in [2.24, 2.45) is 0 Å². The molecule has 6 N–H and O–H groups in total. The highest BCUT2D eigenvalue weighted by Gasteiger charge is 2.13. The van der Waals surface area contributed by atoms with Gasteiger partial charge >= 0.3 is 0 Å². The molecule has 9 nitrogen and oxygen atoms in total. The Kier molecular flexibility index (Phi) is 5.60. The molecule has 28 heavy (non-hydrogen) atoms. The summed E-state index contributed by atoms with van der Waals surface area (Å²) in [5.41, 5.74) is 16.1. The fraction of sp³-hybridized carbons (Fsp3) is 0. The van der Waals surface area contributed by atoms with E-state index in [4.69, 9.17) is 5.73 Å². The number of aromatic nitrogens is 2. The van der Waals surface area contributed by atoms with Crippen molar-refractivity contribution in [3.05, 3.63) is 77.9 Å². The molecule has 0 unspecified atom stereocenters. The monoisotopic (exact) mass is 381 g/mol. The molecule has 1 heterocycles. The van der Waals surface area contributed by atoms with Crippen molar-refractivity contribution in [3.63, 3.8) is 0 Å². The molecule has 1 aromatic heterocycles. The van der Waals surface area contributed by atoms with Crippen molar-refractivity contribution in [2.45, 2.75) is 0 Å². The number of halogens is 1. The highest BCUT2D eigenvalue weighted by Crippen LogP contribution is 2.21. The minimum Gasteiger partial charge on any atom is -0.393 e. The third kappa shape index (κ3) is 4.30. The number of carbonyl (C=O) groups excluding carboxylic acids is 2. The molecule has 2 aromatic carbocycles. The van der Waals surface area contributed by atoms with E-state index in [1.54, 1.807) is 30.3 Å². The molecular formula is C18H16FN7O2. The van der Waals surface area contributed by atoms with Gasteiger partial charge in [0.15, 0.2) is 11.6 Å². The Labute approximate surface area is 159 Å². The molecule has 3 rings (SSSR count). The van der Waals surface area contributed by atoms with Crippen molar-refractivity contribution in [3.8, 4) is 0 Å². The molecule has 0 bridgehead atoms. The molecule has 0 aliphatic rings. The van der Waals surface area contributed by atoms with Crippen LogP contribution in [0.5, 0.6) is 0 Å². The van der Waals surface area contributed by atoms with Crippen LogP contribution in [-0.4, -0.2) is 21.8 Å². The maximum absolute atomic E-state index is 13.6. The van der Waals surface area contributed by atoms with Crippen LogP contribution in [0.4, 0.5) is 21.7 Å². The Morgan fingerprint density at radius 1 is 0.821 bits per heavy atom. The third-order valence-electron chi connectivity index (χ3n) is 3.63. The van der Waals surface area contributed by atoms with Gasteiger partial charge in [-0.3, -0.25) is 31.3 Å². The van der Waals surface area contributed by atoms with Crippen LogP contribution < -0.4 is 27.4 Å². The van der Waals surface area contributed by atoms with Gasteiger partial charge in [0.2, 0.25) is 0 Å². The van der Waals surface area contributed by atoms with Crippen LogP contribution >= 0.6 is 0 Å². The highest BCUT2D eigenvalue weighted by atomic mass is 19.1. The van der Waals surface area contributed by atoms with Crippen LogP contribution in [0.1, 0.15) is 20.7 Å². The summed E-state index contributed by atoms with van der Waals surface area (Å²) in [5.74, 6) is -1.58. The zero-order valence-electron chi connectivity index (χ0n) is 14.4. The average molecular weight is 381 g/mol. The zero-order chi connectivity index (χ0) is 19.9. The molecule has 2 amide bonds. The lowest BCUT2D eigenvalue weighted by atomic mass is 10.2. The van der Waals surface area contributed by atoms with Gasteiger partial charge in [0, 0.05) is 5.56 Å². The van der Waals surface area contributed by atoms with Crippen LogP contribution in [0.25, 0.3) is 0 Å². The molecule has 0 saturated heterocycles. The van der Waals surface area contributed by atoms with E-state index in [0.717, 1.165) is 0 Å². The SMILES string of the molecule is Nc1c(NNC(=O)c2ccccc2)ncnc1NNC(=O)c1ccccc1F. The number of hydrogen-bond acceptors (Lipinski definition) is 7. The number of nitrogens with zero attached hydrogens (tertiary/aromatic N) is 2. The van der Waals surface area contributed by atoms with Crippen molar-refractivity contribution in [1.29, 1.82) is 0 Å². The van der Waals surface area contributed by atoms with Gasteiger partial charge < -0.3 is 5.73 Å². The average Bonchev–Trinajstić information content (AvgIpc) is 2.72. The molecule has 3 aromatic rings. The first-order chi connectivity index (χ1) is 13.6. The minimum atomic E-state index is -0.706. The van der Waals surface area contributed by atoms with Crippen molar-refractivity contribution in [1.82, 2.24) is 20.8 Å². The van der Waals surface area contributed by atoms with Gasteiger partial charge in [-0.2, -0.15) is 0 Å². The summed E-state index contributed by atoms with van der Waals surface area (Å²) in [5, 5.41) is 0. The standard InChI is InChI=1S/C18H16FN7O2/c19-13-9-5-4-8-12(13)18(28)26-24-16-14(20)15(21-10-22-16)23-25-17(27)11-6-2-1-3-7-11/h1-10H,20H2,(H,25,27)(H,26,28)(H2,21,22,23,24). The van der Waals surface area contributed by atoms with E-state index >= 15 is 0 Å². The van der Waals surface area contributed by atoms with Crippen LogP contribution in [0.3, 0.4) is 0 Å². The van der Waals surface area contributed by atoms with Crippen molar-refractivity contribution >= 4 is 29.1 Å². The second-order valence-corrected chi connectivity index (χ2v) is 5.49. The number of hydrogen-bond donors (Lipinski definition) is 5. The Morgan fingerprint density at radius 3 is 2.04 bits per heavy atom. The normalized spacial score (nSPS) is 10.0. The highest BCUT2D eigenvalue weighted by molar-refractivity contribution is 5.96. The number of amides is 2. The Balaban J connectivity index is 1.63. The first-order valence-electron chi connectivity index (χ1n) is 8.09. The first kappa shape index (κ1) is 18.6. The maximum atomic E-state index is 13.6. The quantitative estimate of drug-likeness (QED) is 0.410. The van der Waals surface area contributed by atoms with Crippen molar-refractivity contribution < 1.29 is 14.0 Å². The van der Waals surface area contributed by atoms with Gasteiger partial charge in [0.25, 0.3) is 11.8 Å². The zero-order valence-corrected chi connectivity index (χ0v) is 14.4. The van der Waals surface area contributed by atoms with Crippen LogP contribution in [0, 0.1) is 5.82 Å². The van der Waals surface area contributed by atoms with Crippen molar-refractivity contribution in [2.75, 3.05) is 16.6 Å². The largest absolute Gasteiger partial charge is 0.393 e. The molecule has 0 aliphatic heterocycles. The fourth-order valence-electron chi connectivity index (χ4n) is 2.20. The van der Waals surface area contributed by atoms with Crippen LogP contribution in [0.2, 0.25) is 0 Å². The maximum Gasteiger partial charge on any atom is 0.272 e. The third-order valence-corrected chi connectivity index (χ3v) is 3.63. The number of nitrogen functional groups attached to an aromatic ring is 1. The minimum absolute atomic E-state index is 0.0321. The second kappa shape index (κ2) is 8.45. The Morgan fingerprint density at radius 2 is 1.39 bits per heavy atom. The van der Waals surface area contributed by atoms with E-state index in [-0.39, 0.29) is 28.8 Å². The topological polar surface area (TPSA) is 134 Å². The number of carbonyl (C=O) groups is 2. The number of anilines is 3. The summed E-state index contributed by atoms with van der Waals surface area (Å²) in [6.07, 6.45) is 1.17. The number of hydrazine groups is 2. The molecule has 0 atom stereocenters. The smallest absolute Gasteiger partial charge is 0.272 e. The molecule has 0 radical (unpaired) electrons. The molecular weight excluding hydrogens is 365 g/mol. The number of benzene rings is 2. The number of nitrogens with one attached hydrogen (secondary N) is 4. The van der Waals surface area contributed by atoms with E-state index in [2.05, 4.69) is 31.7 Å². The summed E-state index contributed by atoms with van der Waals surface area (Å²) in [7, 11) is 0. The van der Waals surface area contributed by atoms with E-state index < -0.39 is 11.7 Å². The van der Waals surface area contributed by atoms with E-state index in [1.807, 2.05) is 0 Å². The molecule has 0 spiro atoms. The predicted molar refractivity (Wildman–Crippen MR) is 101 cm³/mol. The van der Waals surface area contributed by atoms with Gasteiger partial charge in [0.1, 0.15) is 17.8 Å². The summed E-state index contributed by atoms with van der Waals surface area (Å²) < 4.78 is 13.6.